The van der Waals surface area contributed by atoms with Gasteiger partial charge >= 0.3 is 5.97 Å². The lowest BCUT2D eigenvalue weighted by Crippen LogP contribution is -2.51. The third kappa shape index (κ3) is 5.04. The fourth-order valence-electron chi connectivity index (χ4n) is 2.05. The summed E-state index contributed by atoms with van der Waals surface area (Å²) in [4.78, 5) is 22.8. The highest BCUT2D eigenvalue weighted by atomic mass is 16.6. The average molecular weight is 306 g/mol. The van der Waals surface area contributed by atoms with Gasteiger partial charge in [0, 0.05) is 19.6 Å². The molecule has 1 aliphatic heterocycles. The van der Waals surface area contributed by atoms with Gasteiger partial charge in [-0.25, -0.2) is 4.79 Å². The predicted molar refractivity (Wildman–Crippen MR) is 81.6 cm³/mol. The highest BCUT2D eigenvalue weighted by Crippen LogP contribution is 2.12. The average Bonchev–Trinajstić information content (AvgIpc) is 2.45. The minimum Gasteiger partial charge on any atom is -0.482 e. The van der Waals surface area contributed by atoms with E-state index in [1.54, 1.807) is 6.92 Å². The summed E-state index contributed by atoms with van der Waals surface area (Å²) in [6.45, 7) is 4.20. The van der Waals surface area contributed by atoms with Crippen molar-refractivity contribution in [1.82, 2.24) is 10.6 Å². The van der Waals surface area contributed by atoms with Crippen LogP contribution in [0.15, 0.2) is 24.3 Å². The zero-order valence-corrected chi connectivity index (χ0v) is 12.8. The second kappa shape index (κ2) is 8.38. The molecule has 1 fully saturated rings. The molecule has 0 bridgehead atoms. The Kier molecular flexibility index (Phi) is 6.21. The quantitative estimate of drug-likeness (QED) is 0.684. The van der Waals surface area contributed by atoms with E-state index in [0.717, 1.165) is 25.1 Å². The van der Waals surface area contributed by atoms with Crippen LogP contribution in [0.1, 0.15) is 12.5 Å². The van der Waals surface area contributed by atoms with Crippen molar-refractivity contribution in [2.24, 2.45) is 5.92 Å². The molecule has 0 aromatic heterocycles. The Morgan fingerprint density at radius 3 is 2.59 bits per heavy atom. The predicted octanol–water partition coefficient (Wildman–Crippen LogP) is 0.507. The summed E-state index contributed by atoms with van der Waals surface area (Å²) >= 11 is 0. The maximum Gasteiger partial charge on any atom is 0.344 e. The molecule has 0 unspecified atom stereocenters. The number of amides is 1. The van der Waals surface area contributed by atoms with Crippen molar-refractivity contribution in [3.8, 4) is 5.75 Å². The van der Waals surface area contributed by atoms with E-state index < -0.39 is 0 Å². The van der Waals surface area contributed by atoms with Gasteiger partial charge in [-0.05, 0) is 31.0 Å². The van der Waals surface area contributed by atoms with E-state index in [9.17, 15) is 9.59 Å². The molecule has 120 valence electrons. The largest absolute Gasteiger partial charge is 0.482 e. The Morgan fingerprint density at radius 1 is 1.27 bits per heavy atom. The highest BCUT2D eigenvalue weighted by Gasteiger charge is 2.23. The van der Waals surface area contributed by atoms with Crippen LogP contribution in [-0.2, 0) is 20.7 Å². The van der Waals surface area contributed by atoms with Gasteiger partial charge in [0.15, 0.2) is 6.61 Å². The van der Waals surface area contributed by atoms with Gasteiger partial charge in [-0.2, -0.15) is 0 Å². The fraction of sp³-hybridized carbons (Fsp3) is 0.500. The molecule has 1 heterocycles. The van der Waals surface area contributed by atoms with Crippen molar-refractivity contribution in [3.63, 3.8) is 0 Å². The minimum atomic E-state index is -0.375. The maximum atomic E-state index is 11.7. The number of hydrogen-bond acceptors (Lipinski definition) is 5. The molecule has 0 aliphatic carbocycles. The molecule has 0 saturated carbocycles. The third-order valence-electron chi connectivity index (χ3n) is 3.45. The number of benzene rings is 1. The maximum absolute atomic E-state index is 11.7. The fourth-order valence-corrected chi connectivity index (χ4v) is 2.05. The van der Waals surface area contributed by atoms with Crippen LogP contribution in [0.3, 0.4) is 0 Å². The Bertz CT molecular complexity index is 497. The van der Waals surface area contributed by atoms with Crippen LogP contribution in [0.25, 0.3) is 0 Å². The zero-order chi connectivity index (χ0) is 15.8. The molecule has 6 heteroatoms. The van der Waals surface area contributed by atoms with Crippen LogP contribution in [0.5, 0.6) is 5.75 Å². The van der Waals surface area contributed by atoms with Crippen molar-refractivity contribution >= 4 is 11.9 Å². The lowest BCUT2D eigenvalue weighted by atomic mass is 10.0. The van der Waals surface area contributed by atoms with Crippen molar-refractivity contribution in [2.45, 2.75) is 13.3 Å². The summed E-state index contributed by atoms with van der Waals surface area (Å²) in [5, 5.41) is 6.01. The second-order valence-electron chi connectivity index (χ2n) is 5.13. The van der Waals surface area contributed by atoms with Gasteiger partial charge in [0.2, 0.25) is 5.91 Å². The first kappa shape index (κ1) is 16.3. The molecule has 6 nitrogen and oxygen atoms in total. The van der Waals surface area contributed by atoms with Gasteiger partial charge in [-0.3, -0.25) is 4.79 Å². The molecule has 0 spiro atoms. The van der Waals surface area contributed by atoms with E-state index in [1.807, 2.05) is 24.3 Å². The number of carbonyl (C=O) groups is 2. The first-order chi connectivity index (χ1) is 10.7. The second-order valence-corrected chi connectivity index (χ2v) is 5.13. The SMILES string of the molecule is CCOC(=O)COc1ccc(CCNC(=O)C2CNC2)cc1. The molecule has 1 amide bonds. The van der Waals surface area contributed by atoms with Crippen molar-refractivity contribution in [2.75, 3.05) is 32.8 Å². The Morgan fingerprint density at radius 2 is 2.00 bits per heavy atom. The lowest BCUT2D eigenvalue weighted by Gasteiger charge is -2.25. The molecule has 1 aliphatic rings. The van der Waals surface area contributed by atoms with Gasteiger partial charge in [0.25, 0.3) is 0 Å². The summed E-state index contributed by atoms with van der Waals surface area (Å²) in [6, 6.07) is 7.48. The molecular weight excluding hydrogens is 284 g/mol. The Hall–Kier alpha value is -2.08. The first-order valence-electron chi connectivity index (χ1n) is 7.55. The highest BCUT2D eigenvalue weighted by molar-refractivity contribution is 5.80. The lowest BCUT2D eigenvalue weighted by molar-refractivity contribution is -0.145. The number of ether oxygens (including phenoxy) is 2. The summed E-state index contributed by atoms with van der Waals surface area (Å²) in [5.74, 6) is 0.493. The monoisotopic (exact) mass is 306 g/mol. The van der Waals surface area contributed by atoms with Crippen molar-refractivity contribution < 1.29 is 19.1 Å². The number of esters is 1. The van der Waals surface area contributed by atoms with Crippen LogP contribution in [0, 0.1) is 5.92 Å². The summed E-state index contributed by atoms with van der Waals surface area (Å²) in [5.41, 5.74) is 1.11. The number of hydrogen-bond donors (Lipinski definition) is 2. The van der Waals surface area contributed by atoms with E-state index in [2.05, 4.69) is 10.6 Å². The summed E-state index contributed by atoms with van der Waals surface area (Å²) in [7, 11) is 0. The van der Waals surface area contributed by atoms with Crippen LogP contribution in [0.4, 0.5) is 0 Å². The number of rotatable bonds is 8. The van der Waals surface area contributed by atoms with Crippen LogP contribution in [-0.4, -0.2) is 44.7 Å². The molecule has 22 heavy (non-hydrogen) atoms. The van der Waals surface area contributed by atoms with Gasteiger partial charge in [-0.1, -0.05) is 12.1 Å². The topological polar surface area (TPSA) is 76.7 Å². The molecule has 1 aromatic rings. The van der Waals surface area contributed by atoms with E-state index in [-0.39, 0.29) is 24.4 Å². The molecule has 1 aromatic carbocycles. The van der Waals surface area contributed by atoms with Gasteiger partial charge in [0.05, 0.1) is 12.5 Å². The zero-order valence-electron chi connectivity index (χ0n) is 12.8. The Labute approximate surface area is 130 Å². The van der Waals surface area contributed by atoms with Crippen molar-refractivity contribution in [3.05, 3.63) is 29.8 Å². The normalized spacial score (nSPS) is 14.0. The first-order valence-corrected chi connectivity index (χ1v) is 7.55. The molecule has 2 rings (SSSR count). The van der Waals surface area contributed by atoms with E-state index >= 15 is 0 Å². The molecule has 1 saturated heterocycles. The number of carbonyl (C=O) groups excluding carboxylic acids is 2. The molecule has 0 radical (unpaired) electrons. The Balaban J connectivity index is 1.67. The van der Waals surface area contributed by atoms with Crippen LogP contribution >= 0.6 is 0 Å². The standard InChI is InChI=1S/C16H22N2O4/c1-2-21-15(19)11-22-14-5-3-12(4-6-14)7-8-18-16(20)13-9-17-10-13/h3-6,13,17H,2,7-11H2,1H3,(H,18,20). The van der Waals surface area contributed by atoms with Crippen LogP contribution < -0.4 is 15.4 Å². The van der Waals surface area contributed by atoms with E-state index in [4.69, 9.17) is 9.47 Å². The third-order valence-corrected chi connectivity index (χ3v) is 3.45. The molecule has 0 atom stereocenters. The minimum absolute atomic E-state index is 0.0847. The summed E-state index contributed by atoms with van der Waals surface area (Å²) < 4.78 is 10.1. The van der Waals surface area contributed by atoms with E-state index in [0.29, 0.717) is 18.9 Å². The summed E-state index contributed by atoms with van der Waals surface area (Å²) in [6.07, 6.45) is 0.768. The van der Waals surface area contributed by atoms with Crippen molar-refractivity contribution in [1.29, 1.82) is 0 Å². The van der Waals surface area contributed by atoms with E-state index in [1.165, 1.54) is 0 Å². The van der Waals surface area contributed by atoms with Crippen LogP contribution in [0.2, 0.25) is 0 Å². The van der Waals surface area contributed by atoms with Gasteiger partial charge in [-0.15, -0.1) is 0 Å². The van der Waals surface area contributed by atoms with Gasteiger partial charge < -0.3 is 20.1 Å². The van der Waals surface area contributed by atoms with Gasteiger partial charge in [0.1, 0.15) is 5.75 Å². The number of nitrogens with one attached hydrogen (secondary N) is 2. The molecular formula is C16H22N2O4. The smallest absolute Gasteiger partial charge is 0.344 e. The molecule has 2 N–H and O–H groups in total.